The Balaban J connectivity index is 1.70. The number of carbonyl (C=O) groups excluding carboxylic acids is 1. The van der Waals surface area contributed by atoms with Gasteiger partial charge < -0.3 is 64.2 Å². The second-order valence-electron chi connectivity index (χ2n) is 20.5. The first kappa shape index (κ1) is 68.5. The molecular weight excluding hydrogens is 957 g/mol. The lowest BCUT2D eigenvalue weighted by Gasteiger charge is -2.42. The van der Waals surface area contributed by atoms with Crippen LogP contribution in [-0.2, 0) is 33.2 Å². The van der Waals surface area contributed by atoms with Gasteiger partial charge in [-0.25, -0.2) is 0 Å². The van der Waals surface area contributed by atoms with Crippen LogP contribution < -0.4 is 0 Å². The Morgan fingerprint density at radius 2 is 0.867 bits per heavy atom. The number of hydrogen-bond acceptors (Lipinski definition) is 14. The smallest absolute Gasteiger partial charge is 0.310 e. The monoisotopic (exact) mass is 1060 g/mol. The van der Waals surface area contributed by atoms with Gasteiger partial charge in [0.2, 0.25) is 0 Å². The van der Waals surface area contributed by atoms with E-state index in [4.69, 9.17) is 28.4 Å². The fourth-order valence-corrected chi connectivity index (χ4v) is 9.00. The zero-order chi connectivity index (χ0) is 54.4. The van der Waals surface area contributed by atoms with Crippen LogP contribution in [-0.4, -0.2) is 142 Å². The van der Waals surface area contributed by atoms with Crippen LogP contribution in [0.25, 0.3) is 0 Å². The molecule has 0 aromatic rings. The minimum Gasteiger partial charge on any atom is -0.457 e. The number of rotatable bonds is 47. The first-order valence-electron chi connectivity index (χ1n) is 29.5. The number of aliphatic hydroxyl groups excluding tert-OH is 7. The van der Waals surface area contributed by atoms with Crippen molar-refractivity contribution in [3.05, 3.63) is 72.9 Å². The predicted octanol–water partition coefficient (Wildman–Crippen LogP) is 10.6. The number of hydrogen-bond donors (Lipinski definition) is 7. The van der Waals surface area contributed by atoms with Crippen LogP contribution in [0, 0.1) is 0 Å². The van der Waals surface area contributed by atoms with E-state index in [0.29, 0.717) is 13.0 Å². The van der Waals surface area contributed by atoms with Gasteiger partial charge in [-0.1, -0.05) is 209 Å². The fourth-order valence-electron chi connectivity index (χ4n) is 9.00. The number of esters is 1. The Morgan fingerprint density at radius 3 is 1.35 bits per heavy atom. The molecule has 11 unspecified atom stereocenters. The maximum absolute atomic E-state index is 13.0. The van der Waals surface area contributed by atoms with E-state index in [1.165, 1.54) is 135 Å². The van der Waals surface area contributed by atoms with E-state index in [2.05, 4.69) is 68.5 Å². The third kappa shape index (κ3) is 34.1. The average molecular weight is 1060 g/mol. The molecule has 2 saturated heterocycles. The van der Waals surface area contributed by atoms with Gasteiger partial charge in [0, 0.05) is 6.61 Å². The quantitative estimate of drug-likeness (QED) is 0.0172. The highest BCUT2D eigenvalue weighted by Gasteiger charge is 2.47. The zero-order valence-electron chi connectivity index (χ0n) is 46.5. The van der Waals surface area contributed by atoms with Crippen molar-refractivity contribution in [3.63, 3.8) is 0 Å². The molecule has 2 fully saturated rings. The van der Waals surface area contributed by atoms with Crippen molar-refractivity contribution in [3.8, 4) is 0 Å². The number of carbonyl (C=O) groups is 1. The summed E-state index contributed by atoms with van der Waals surface area (Å²) in [4.78, 5) is 13.0. The van der Waals surface area contributed by atoms with Crippen molar-refractivity contribution in [1.29, 1.82) is 0 Å². The van der Waals surface area contributed by atoms with E-state index in [9.17, 15) is 40.5 Å². The van der Waals surface area contributed by atoms with Gasteiger partial charge in [-0.2, -0.15) is 0 Å². The lowest BCUT2D eigenvalue weighted by atomic mass is 9.98. The minimum atomic E-state index is -1.73. The third-order valence-electron chi connectivity index (χ3n) is 13.7. The van der Waals surface area contributed by atoms with Gasteiger partial charge in [0.15, 0.2) is 12.6 Å². The van der Waals surface area contributed by atoms with E-state index >= 15 is 0 Å². The predicted molar refractivity (Wildman–Crippen MR) is 298 cm³/mol. The highest BCUT2D eigenvalue weighted by Crippen LogP contribution is 2.26. The van der Waals surface area contributed by atoms with Gasteiger partial charge in [-0.3, -0.25) is 4.79 Å². The van der Waals surface area contributed by atoms with E-state index < -0.39 is 86.7 Å². The van der Waals surface area contributed by atoms with E-state index in [0.717, 1.165) is 44.9 Å². The molecule has 0 radical (unpaired) electrons. The van der Waals surface area contributed by atoms with Crippen LogP contribution in [0.5, 0.6) is 0 Å². The number of aliphatic hydroxyl groups is 7. The van der Waals surface area contributed by atoms with Gasteiger partial charge in [0.1, 0.15) is 54.9 Å². The van der Waals surface area contributed by atoms with E-state index in [1.807, 2.05) is 12.2 Å². The second-order valence-corrected chi connectivity index (χ2v) is 20.5. The lowest BCUT2D eigenvalue weighted by Crippen LogP contribution is -2.61. The molecule has 14 heteroatoms. The van der Waals surface area contributed by atoms with E-state index in [-0.39, 0.29) is 19.6 Å². The highest BCUT2D eigenvalue weighted by atomic mass is 16.7. The summed E-state index contributed by atoms with van der Waals surface area (Å²) in [6.07, 6.45) is 44.4. The lowest BCUT2D eigenvalue weighted by molar-refractivity contribution is -0.332. The summed E-state index contributed by atoms with van der Waals surface area (Å²) < 4.78 is 34.2. The van der Waals surface area contributed by atoms with Gasteiger partial charge in [0.05, 0.1) is 32.8 Å². The molecular formula is C61H106O14. The molecule has 0 bridgehead atoms. The Morgan fingerprint density at radius 1 is 0.453 bits per heavy atom. The first-order chi connectivity index (χ1) is 36.6. The molecule has 0 aliphatic carbocycles. The van der Waals surface area contributed by atoms with Crippen molar-refractivity contribution in [2.75, 3.05) is 33.0 Å². The van der Waals surface area contributed by atoms with Crippen LogP contribution in [0.4, 0.5) is 0 Å². The number of allylic oxidation sites excluding steroid dienone is 11. The third-order valence-corrected chi connectivity index (χ3v) is 13.7. The normalized spacial score (nSPS) is 25.1. The van der Waals surface area contributed by atoms with Gasteiger partial charge in [-0.15, -0.1) is 0 Å². The largest absolute Gasteiger partial charge is 0.457 e. The topological polar surface area (TPSA) is 214 Å². The molecule has 7 N–H and O–H groups in total. The Bertz CT molecular complexity index is 1510. The Labute approximate surface area is 453 Å². The van der Waals surface area contributed by atoms with Gasteiger partial charge in [-0.05, 0) is 64.2 Å². The van der Waals surface area contributed by atoms with Crippen molar-refractivity contribution < 1.29 is 69.0 Å². The van der Waals surface area contributed by atoms with E-state index in [1.54, 1.807) is 6.08 Å². The van der Waals surface area contributed by atoms with Crippen molar-refractivity contribution in [1.82, 2.24) is 0 Å². The molecule has 0 aromatic heterocycles. The molecule has 0 amide bonds. The van der Waals surface area contributed by atoms with Crippen LogP contribution in [0.2, 0.25) is 0 Å². The Hall–Kier alpha value is -2.57. The molecule has 14 nitrogen and oxygen atoms in total. The molecule has 2 aliphatic heterocycles. The summed E-state index contributed by atoms with van der Waals surface area (Å²) in [7, 11) is 0. The number of ether oxygens (including phenoxy) is 6. The summed E-state index contributed by atoms with van der Waals surface area (Å²) >= 11 is 0. The van der Waals surface area contributed by atoms with Crippen molar-refractivity contribution in [2.24, 2.45) is 0 Å². The summed E-state index contributed by atoms with van der Waals surface area (Å²) in [6, 6.07) is 0. The zero-order valence-corrected chi connectivity index (χ0v) is 46.5. The minimum absolute atomic E-state index is 0.0197. The second kappa shape index (κ2) is 47.4. The van der Waals surface area contributed by atoms with Crippen molar-refractivity contribution >= 4 is 5.97 Å². The van der Waals surface area contributed by atoms with Gasteiger partial charge in [0.25, 0.3) is 0 Å². The standard InChI is InChI=1S/C61H106O14/c1-3-5-7-9-11-13-15-17-19-20-21-22-23-24-25-26-27-28-29-31-33-35-37-39-41-43-45-70-47-50(73-53(63)44-42-40-38-36-34-32-30-18-16-14-12-10-8-6-4-2)48-71-60-59(69)57(67)55(65)52(75-60)49-72-61-58(68)56(66)54(64)51(46-62)74-61/h6,8,12,14,18,20-21,30,34,36,40,42,50-52,54-62,64-69H,3-5,7,9-11,13,15-17,19,22-29,31-33,35,37-39,41,43-49H2,1-2H3/b8-6-,14-12-,21-20-,30-18-,36-34-,42-40-. The number of unbranched alkanes of at least 4 members (excludes halogenated alkanes) is 22. The first-order valence-corrected chi connectivity index (χ1v) is 29.5. The summed E-state index contributed by atoms with van der Waals surface area (Å²) in [5.74, 6) is -0.502. The summed E-state index contributed by atoms with van der Waals surface area (Å²) in [6.45, 7) is 3.46. The fraction of sp³-hybridized carbons (Fsp3) is 0.787. The van der Waals surface area contributed by atoms with Crippen LogP contribution in [0.1, 0.15) is 206 Å². The molecule has 2 rings (SSSR count). The molecule has 2 aliphatic rings. The SMILES string of the molecule is CC/C=C\C/C=C\C/C=C\C/C=C\C/C=C\CC(=O)OC(COCCCCCCCCCCCCCCCC/C=C\CCCCCCCCCC)COC1OC(COC2OC(CO)C(O)C(O)C2O)C(O)C(O)C1O. The average Bonchev–Trinajstić information content (AvgIpc) is 3.41. The molecule has 434 valence electrons. The van der Waals surface area contributed by atoms with Gasteiger partial charge >= 0.3 is 5.97 Å². The molecule has 0 aromatic carbocycles. The maximum Gasteiger partial charge on any atom is 0.310 e. The summed E-state index contributed by atoms with van der Waals surface area (Å²) in [5, 5.41) is 72.3. The molecule has 11 atom stereocenters. The van der Waals surface area contributed by atoms with Crippen LogP contribution in [0.15, 0.2) is 72.9 Å². The Kier molecular flexibility index (Phi) is 43.3. The molecule has 2 heterocycles. The highest BCUT2D eigenvalue weighted by molar-refractivity contribution is 5.71. The van der Waals surface area contributed by atoms with Crippen LogP contribution in [0.3, 0.4) is 0 Å². The van der Waals surface area contributed by atoms with Crippen molar-refractivity contribution in [2.45, 2.75) is 274 Å². The molecule has 75 heavy (non-hydrogen) atoms. The maximum atomic E-state index is 13.0. The molecule has 0 spiro atoms. The summed E-state index contributed by atoms with van der Waals surface area (Å²) in [5.41, 5.74) is 0. The van der Waals surface area contributed by atoms with Crippen LogP contribution >= 0.6 is 0 Å². The molecule has 0 saturated carbocycles.